The van der Waals surface area contributed by atoms with Crippen LogP contribution in [0.5, 0.6) is 0 Å². The lowest BCUT2D eigenvalue weighted by Gasteiger charge is -2.53. The highest BCUT2D eigenvalue weighted by Gasteiger charge is 2.51. The van der Waals surface area contributed by atoms with Crippen molar-refractivity contribution in [1.82, 2.24) is 0 Å². The average Bonchev–Trinajstić information content (AvgIpc) is 3.00. The van der Waals surface area contributed by atoms with Gasteiger partial charge in [0.15, 0.2) is 0 Å². The number of esters is 2. The van der Waals surface area contributed by atoms with Crippen LogP contribution in [-0.2, 0) is 20.9 Å². The van der Waals surface area contributed by atoms with Crippen molar-refractivity contribution in [1.29, 1.82) is 0 Å². The Kier molecular flexibility index (Phi) is 3.66. The van der Waals surface area contributed by atoms with Crippen molar-refractivity contribution in [2.75, 3.05) is 7.11 Å². The van der Waals surface area contributed by atoms with Crippen LogP contribution in [0.1, 0.15) is 48.4 Å². The van der Waals surface area contributed by atoms with E-state index in [1.165, 1.54) is 45.3 Å². The molecule has 0 radical (unpaired) electrons. The van der Waals surface area contributed by atoms with Crippen LogP contribution >= 0.6 is 0 Å². The van der Waals surface area contributed by atoms with E-state index in [1.54, 1.807) is 6.07 Å². The van der Waals surface area contributed by atoms with Gasteiger partial charge in [0.25, 0.3) is 0 Å². The predicted molar refractivity (Wildman–Crippen MR) is 80.4 cm³/mol. The van der Waals surface area contributed by atoms with E-state index in [4.69, 9.17) is 9.15 Å². The number of hydrogen-bond donors (Lipinski definition) is 0. The van der Waals surface area contributed by atoms with Crippen molar-refractivity contribution in [3.05, 3.63) is 23.7 Å². The molecular weight excluding hydrogens is 296 g/mol. The SMILES string of the molecule is COC(=O)c1ccc(COC(=O)C2C3CC4CC(C3)CC2C4)o1. The van der Waals surface area contributed by atoms with Crippen molar-refractivity contribution in [3.63, 3.8) is 0 Å². The summed E-state index contributed by atoms with van der Waals surface area (Å²) < 4.78 is 15.4. The van der Waals surface area contributed by atoms with E-state index in [2.05, 4.69) is 4.74 Å². The van der Waals surface area contributed by atoms with E-state index < -0.39 is 5.97 Å². The zero-order valence-electron chi connectivity index (χ0n) is 13.3. The predicted octanol–water partition coefficient (Wildman–Crippen LogP) is 3.18. The maximum Gasteiger partial charge on any atom is 0.373 e. The Morgan fingerprint density at radius 3 is 2.35 bits per heavy atom. The van der Waals surface area contributed by atoms with E-state index in [-0.39, 0.29) is 24.3 Å². The van der Waals surface area contributed by atoms with Gasteiger partial charge in [-0.05, 0) is 67.9 Å². The molecule has 124 valence electrons. The van der Waals surface area contributed by atoms with Crippen molar-refractivity contribution < 1.29 is 23.5 Å². The van der Waals surface area contributed by atoms with Gasteiger partial charge in [-0.25, -0.2) is 4.79 Å². The summed E-state index contributed by atoms with van der Waals surface area (Å²) in [5, 5.41) is 0. The minimum atomic E-state index is -0.524. The molecule has 5 heteroatoms. The molecule has 0 amide bonds. The first-order valence-corrected chi connectivity index (χ1v) is 8.47. The second-order valence-electron chi connectivity index (χ2n) is 7.32. The van der Waals surface area contributed by atoms with Gasteiger partial charge >= 0.3 is 11.9 Å². The number of rotatable bonds is 4. The topological polar surface area (TPSA) is 65.7 Å². The number of ether oxygens (including phenoxy) is 2. The van der Waals surface area contributed by atoms with Gasteiger partial charge < -0.3 is 13.9 Å². The van der Waals surface area contributed by atoms with E-state index in [0.29, 0.717) is 17.6 Å². The quantitative estimate of drug-likeness (QED) is 0.798. The number of furan rings is 1. The van der Waals surface area contributed by atoms with Gasteiger partial charge in [0.2, 0.25) is 5.76 Å². The van der Waals surface area contributed by atoms with Gasteiger partial charge in [-0.15, -0.1) is 0 Å². The Morgan fingerprint density at radius 1 is 1.09 bits per heavy atom. The summed E-state index contributed by atoms with van der Waals surface area (Å²) in [6.07, 6.45) is 6.15. The van der Waals surface area contributed by atoms with Gasteiger partial charge in [-0.2, -0.15) is 0 Å². The third-order valence-electron chi connectivity index (χ3n) is 5.90. The summed E-state index contributed by atoms with van der Waals surface area (Å²) in [4.78, 5) is 23.9. The number of carbonyl (C=O) groups is 2. The molecule has 23 heavy (non-hydrogen) atoms. The molecule has 0 aliphatic heterocycles. The van der Waals surface area contributed by atoms with Gasteiger partial charge in [0.1, 0.15) is 12.4 Å². The van der Waals surface area contributed by atoms with Crippen LogP contribution in [0.25, 0.3) is 0 Å². The number of carbonyl (C=O) groups excluding carboxylic acids is 2. The third kappa shape index (κ3) is 2.66. The molecule has 4 aliphatic carbocycles. The van der Waals surface area contributed by atoms with Crippen LogP contribution in [0.2, 0.25) is 0 Å². The van der Waals surface area contributed by atoms with Gasteiger partial charge in [-0.3, -0.25) is 4.79 Å². The molecular formula is C18H22O5. The summed E-state index contributed by atoms with van der Waals surface area (Å²) in [5.74, 6) is 2.78. The van der Waals surface area contributed by atoms with Gasteiger partial charge in [-0.1, -0.05) is 0 Å². The molecule has 0 unspecified atom stereocenters. The number of methoxy groups -OCH3 is 1. The minimum absolute atomic E-state index is 0.0674. The van der Waals surface area contributed by atoms with E-state index in [9.17, 15) is 9.59 Å². The summed E-state index contributed by atoms with van der Waals surface area (Å²) >= 11 is 0. The molecule has 1 heterocycles. The highest BCUT2D eigenvalue weighted by Crippen LogP contribution is 2.56. The summed E-state index contributed by atoms with van der Waals surface area (Å²) in [7, 11) is 1.30. The van der Waals surface area contributed by atoms with E-state index in [1.807, 2.05) is 0 Å². The normalized spacial score (nSPS) is 34.4. The average molecular weight is 318 g/mol. The Bertz CT molecular complexity index is 589. The highest BCUT2D eigenvalue weighted by molar-refractivity contribution is 5.86. The first-order chi connectivity index (χ1) is 11.1. The summed E-state index contributed by atoms with van der Waals surface area (Å²) in [6, 6.07) is 3.19. The minimum Gasteiger partial charge on any atom is -0.463 e. The fraction of sp³-hybridized carbons (Fsp3) is 0.667. The van der Waals surface area contributed by atoms with Crippen LogP contribution in [0.15, 0.2) is 16.5 Å². The maximum atomic E-state index is 12.5. The second kappa shape index (κ2) is 5.69. The van der Waals surface area contributed by atoms with Gasteiger partial charge in [0, 0.05) is 0 Å². The Hall–Kier alpha value is -1.78. The third-order valence-corrected chi connectivity index (χ3v) is 5.90. The Labute approximate surface area is 135 Å². The zero-order chi connectivity index (χ0) is 16.0. The Balaban J connectivity index is 1.37. The molecule has 0 atom stereocenters. The molecule has 1 aromatic rings. The van der Waals surface area contributed by atoms with Crippen molar-refractivity contribution in [3.8, 4) is 0 Å². The lowest BCUT2D eigenvalue weighted by atomic mass is 9.52. The molecule has 0 aromatic carbocycles. The largest absolute Gasteiger partial charge is 0.463 e. The van der Waals surface area contributed by atoms with Crippen molar-refractivity contribution in [2.45, 2.75) is 38.7 Å². The Morgan fingerprint density at radius 2 is 1.74 bits per heavy atom. The molecule has 4 saturated carbocycles. The molecule has 0 N–H and O–H groups in total. The second-order valence-corrected chi connectivity index (χ2v) is 7.32. The fourth-order valence-electron chi connectivity index (χ4n) is 5.21. The molecule has 5 rings (SSSR count). The zero-order valence-corrected chi connectivity index (χ0v) is 13.3. The van der Waals surface area contributed by atoms with Crippen LogP contribution < -0.4 is 0 Å². The number of hydrogen-bond acceptors (Lipinski definition) is 5. The van der Waals surface area contributed by atoms with Crippen LogP contribution in [0.4, 0.5) is 0 Å². The first kappa shape index (κ1) is 14.8. The lowest BCUT2D eigenvalue weighted by molar-refractivity contribution is -0.164. The monoisotopic (exact) mass is 318 g/mol. The highest BCUT2D eigenvalue weighted by atomic mass is 16.6. The van der Waals surface area contributed by atoms with Crippen molar-refractivity contribution in [2.24, 2.45) is 29.6 Å². The van der Waals surface area contributed by atoms with Gasteiger partial charge in [0.05, 0.1) is 13.0 Å². The van der Waals surface area contributed by atoms with E-state index >= 15 is 0 Å². The molecule has 4 fully saturated rings. The van der Waals surface area contributed by atoms with Crippen LogP contribution in [0.3, 0.4) is 0 Å². The molecule has 0 spiro atoms. The van der Waals surface area contributed by atoms with E-state index in [0.717, 1.165) is 11.8 Å². The molecule has 5 nitrogen and oxygen atoms in total. The smallest absolute Gasteiger partial charge is 0.373 e. The van der Waals surface area contributed by atoms with Crippen LogP contribution in [0, 0.1) is 29.6 Å². The molecule has 4 aliphatic rings. The fourth-order valence-corrected chi connectivity index (χ4v) is 5.21. The molecule has 1 aromatic heterocycles. The maximum absolute atomic E-state index is 12.5. The lowest BCUT2D eigenvalue weighted by Crippen LogP contribution is -2.48. The summed E-state index contributed by atoms with van der Waals surface area (Å²) in [6.45, 7) is 0.0820. The van der Waals surface area contributed by atoms with Crippen LogP contribution in [-0.4, -0.2) is 19.0 Å². The van der Waals surface area contributed by atoms with Crippen molar-refractivity contribution >= 4 is 11.9 Å². The molecule has 0 saturated heterocycles. The summed E-state index contributed by atoms with van der Waals surface area (Å²) in [5.41, 5.74) is 0. The standard InChI is InChI=1S/C18H22O5/c1-21-17(19)15-3-2-14(23-15)9-22-18(20)16-12-5-10-4-11(7-12)8-13(16)6-10/h2-3,10-13,16H,4-9H2,1H3. The first-order valence-electron chi connectivity index (χ1n) is 8.47. The molecule has 4 bridgehead atoms.